The second-order valence-corrected chi connectivity index (χ2v) is 10.7. The van der Waals surface area contributed by atoms with Crippen LogP contribution in [0.4, 0.5) is 10.6 Å². The van der Waals surface area contributed by atoms with E-state index in [4.69, 9.17) is 4.74 Å². The Balaban J connectivity index is 1.64. The normalized spacial score (nSPS) is 17.5. The predicted octanol–water partition coefficient (Wildman–Crippen LogP) is 0.928. The number of piperazine rings is 1. The van der Waals surface area contributed by atoms with E-state index in [1.807, 2.05) is 11.0 Å². The number of aliphatic carboxylic acids is 2. The number of hydrogen-bond donors (Lipinski definition) is 4. The lowest BCUT2D eigenvalue weighted by atomic mass is 9.93. The number of carbonyl (C=O) groups excluding carboxylic acids is 3. The Labute approximate surface area is 245 Å². The first-order valence-electron chi connectivity index (χ1n) is 13.4. The summed E-state index contributed by atoms with van der Waals surface area (Å²) in [7, 11) is 0. The summed E-state index contributed by atoms with van der Waals surface area (Å²) in [5, 5.41) is 24.5. The molecule has 1 aromatic heterocycles. The molecule has 2 fully saturated rings. The maximum atomic E-state index is 13.7. The molecule has 2 aliphatic rings. The molecule has 2 saturated heterocycles. The van der Waals surface area contributed by atoms with Gasteiger partial charge < -0.3 is 35.4 Å². The van der Waals surface area contributed by atoms with Crippen molar-refractivity contribution in [2.75, 3.05) is 49.3 Å². The van der Waals surface area contributed by atoms with Crippen molar-refractivity contribution in [3.8, 4) is 11.4 Å². The molecule has 42 heavy (non-hydrogen) atoms. The second kappa shape index (κ2) is 14.1. The zero-order valence-corrected chi connectivity index (χ0v) is 23.7. The molecule has 2 atom stereocenters. The van der Waals surface area contributed by atoms with Gasteiger partial charge in [-0.1, -0.05) is 30.3 Å². The Bertz CT molecular complexity index is 1310. The molecular weight excluding hydrogens is 568 g/mol. The van der Waals surface area contributed by atoms with E-state index in [0.29, 0.717) is 23.8 Å². The first-order chi connectivity index (χ1) is 20.2. The minimum Gasteiger partial charge on any atom is -0.481 e. The molecule has 15 heteroatoms. The van der Waals surface area contributed by atoms with Gasteiger partial charge in [0.15, 0.2) is 17.5 Å². The van der Waals surface area contributed by atoms with Crippen molar-refractivity contribution in [2.24, 2.45) is 5.92 Å². The summed E-state index contributed by atoms with van der Waals surface area (Å²) >= 11 is 1.71. The first-order valence-corrected chi connectivity index (χ1v) is 14.6. The summed E-state index contributed by atoms with van der Waals surface area (Å²) in [6.07, 6.45) is -1.33. The van der Waals surface area contributed by atoms with Crippen LogP contribution < -0.4 is 15.5 Å². The second-order valence-electron chi connectivity index (χ2n) is 9.65. The van der Waals surface area contributed by atoms with Crippen LogP contribution in [-0.4, -0.2) is 111 Å². The van der Waals surface area contributed by atoms with Gasteiger partial charge in [0.1, 0.15) is 11.5 Å². The van der Waals surface area contributed by atoms with Crippen molar-refractivity contribution >= 4 is 47.3 Å². The van der Waals surface area contributed by atoms with Crippen molar-refractivity contribution in [3.63, 3.8) is 0 Å². The third-order valence-corrected chi connectivity index (χ3v) is 7.78. The molecule has 2 aliphatic heterocycles. The molecule has 0 radical (unpaired) electrons. The number of thioether (sulfide) groups is 1. The van der Waals surface area contributed by atoms with Gasteiger partial charge in [0.05, 0.1) is 24.6 Å². The molecule has 2 unspecified atom stereocenters. The third-order valence-electron chi connectivity index (χ3n) is 6.82. The number of ketones is 1. The van der Waals surface area contributed by atoms with Gasteiger partial charge in [-0.05, 0) is 13.3 Å². The van der Waals surface area contributed by atoms with Gasteiger partial charge in [-0.2, -0.15) is 0 Å². The summed E-state index contributed by atoms with van der Waals surface area (Å²) in [4.78, 5) is 75.3. The van der Waals surface area contributed by atoms with Gasteiger partial charge in [0.25, 0.3) is 5.91 Å². The predicted molar refractivity (Wildman–Crippen MR) is 152 cm³/mol. The number of nitrogens with zero attached hydrogens (tertiary/aromatic N) is 4. The molecule has 4 N–H and O–H groups in total. The van der Waals surface area contributed by atoms with Gasteiger partial charge in [0, 0.05) is 43.6 Å². The largest absolute Gasteiger partial charge is 0.481 e. The average molecular weight is 601 g/mol. The topological polar surface area (TPSA) is 191 Å². The molecule has 0 saturated carbocycles. The van der Waals surface area contributed by atoms with Crippen molar-refractivity contribution in [2.45, 2.75) is 25.4 Å². The molecular formula is C27H32N6O8S. The summed E-state index contributed by atoms with van der Waals surface area (Å²) in [6, 6.07) is 8.00. The lowest BCUT2D eigenvalue weighted by Crippen LogP contribution is -2.60. The van der Waals surface area contributed by atoms with Crippen LogP contribution >= 0.6 is 11.8 Å². The lowest BCUT2D eigenvalue weighted by Gasteiger charge is -2.34. The minimum atomic E-state index is -1.97. The number of hydrogen-bond acceptors (Lipinski definition) is 11. The smallest absolute Gasteiger partial charge is 0.409 e. The van der Waals surface area contributed by atoms with E-state index < -0.39 is 54.1 Å². The molecule has 3 heterocycles. The van der Waals surface area contributed by atoms with Crippen LogP contribution in [0.15, 0.2) is 36.4 Å². The number of carboxylic acid groups (broad SMARTS) is 2. The molecule has 1 aromatic carbocycles. The summed E-state index contributed by atoms with van der Waals surface area (Å²) in [5.41, 5.74) is 0.593. The number of nitrogens with one attached hydrogen (secondary N) is 2. The van der Waals surface area contributed by atoms with E-state index in [-0.39, 0.29) is 37.8 Å². The number of Topliss-reactive ketones (excluding diaryl/α,β-unsaturated/α-hetero) is 1. The van der Waals surface area contributed by atoms with Crippen molar-refractivity contribution in [1.82, 2.24) is 25.5 Å². The van der Waals surface area contributed by atoms with E-state index in [0.717, 1.165) is 5.75 Å². The summed E-state index contributed by atoms with van der Waals surface area (Å²) in [5.74, 6) is -4.40. The van der Waals surface area contributed by atoms with Gasteiger partial charge in [-0.3, -0.25) is 19.2 Å². The van der Waals surface area contributed by atoms with E-state index in [2.05, 4.69) is 20.6 Å². The van der Waals surface area contributed by atoms with Gasteiger partial charge in [0.2, 0.25) is 0 Å². The fraction of sp³-hybridized carbons (Fsp3) is 0.444. The number of carbonyl (C=O) groups is 5. The molecule has 2 amide bonds. The van der Waals surface area contributed by atoms with Crippen molar-refractivity contribution < 1.29 is 38.9 Å². The highest BCUT2D eigenvalue weighted by molar-refractivity contribution is 7.99. The number of amides is 2. The Hall–Kier alpha value is -4.24. The van der Waals surface area contributed by atoms with Gasteiger partial charge in [-0.15, -0.1) is 11.8 Å². The molecule has 2 aromatic rings. The summed E-state index contributed by atoms with van der Waals surface area (Å²) < 4.78 is 5.02. The average Bonchev–Trinajstić information content (AvgIpc) is 3.54. The Morgan fingerprint density at radius 2 is 1.86 bits per heavy atom. The molecule has 4 rings (SSSR count). The quantitative estimate of drug-likeness (QED) is 0.267. The maximum absolute atomic E-state index is 13.7. The number of carboxylic acids is 2. The summed E-state index contributed by atoms with van der Waals surface area (Å²) in [6.45, 7) is 2.91. The van der Waals surface area contributed by atoms with E-state index in [1.54, 1.807) is 43.0 Å². The highest BCUT2D eigenvalue weighted by Gasteiger charge is 2.38. The van der Waals surface area contributed by atoms with Crippen LogP contribution in [-0.2, 0) is 19.1 Å². The van der Waals surface area contributed by atoms with Gasteiger partial charge in [-0.25, -0.2) is 14.8 Å². The fourth-order valence-corrected chi connectivity index (χ4v) is 5.57. The Kier molecular flexibility index (Phi) is 10.3. The van der Waals surface area contributed by atoms with Crippen LogP contribution in [0.3, 0.4) is 0 Å². The fourth-order valence-electron chi connectivity index (χ4n) is 4.61. The highest BCUT2D eigenvalue weighted by atomic mass is 32.2. The number of benzene rings is 1. The molecule has 0 aliphatic carbocycles. The molecule has 0 spiro atoms. The number of aromatic nitrogens is 2. The number of rotatable bonds is 11. The maximum Gasteiger partial charge on any atom is 0.409 e. The van der Waals surface area contributed by atoms with Crippen LogP contribution in [0.2, 0.25) is 0 Å². The van der Waals surface area contributed by atoms with Crippen LogP contribution in [0, 0.1) is 5.92 Å². The third kappa shape index (κ3) is 7.53. The van der Waals surface area contributed by atoms with Gasteiger partial charge >= 0.3 is 18.0 Å². The Morgan fingerprint density at radius 1 is 1.12 bits per heavy atom. The van der Waals surface area contributed by atoms with Crippen LogP contribution in [0.25, 0.3) is 11.4 Å². The lowest BCUT2D eigenvalue weighted by molar-refractivity contribution is -0.155. The standard InChI is InChI=1S/C27H32N6O8S/c1-2-41-27(40)32-9-8-28-20(14-32)22(34)18(12-17(25(36)37)26(38)39)30-24(35)19-13-21(33-10-11-42-15-33)31-23(29-19)16-6-4-3-5-7-16/h3-7,13,17-18,20,28H,2,8-12,14-15H2,1H3,(H,30,35)(H,36,37)(H,38,39). The van der Waals surface area contributed by atoms with Crippen LogP contribution in [0.5, 0.6) is 0 Å². The first kappa shape index (κ1) is 30.7. The van der Waals surface area contributed by atoms with Crippen LogP contribution in [0.1, 0.15) is 23.8 Å². The van der Waals surface area contributed by atoms with Crippen molar-refractivity contribution in [3.05, 3.63) is 42.1 Å². The zero-order valence-electron chi connectivity index (χ0n) is 22.9. The highest BCUT2D eigenvalue weighted by Crippen LogP contribution is 2.25. The SMILES string of the molecule is CCOC(=O)N1CCNC(C(=O)C(CC(C(=O)O)C(=O)O)NC(=O)c2cc(N3CCSC3)nc(-c3ccccc3)n2)C1. The molecule has 14 nitrogen and oxygen atoms in total. The number of ether oxygens (including phenoxy) is 1. The monoisotopic (exact) mass is 600 g/mol. The Morgan fingerprint density at radius 3 is 2.50 bits per heavy atom. The van der Waals surface area contributed by atoms with Crippen molar-refractivity contribution in [1.29, 1.82) is 0 Å². The zero-order chi connectivity index (χ0) is 30.2. The minimum absolute atomic E-state index is 0.0690. The number of anilines is 1. The van der Waals surface area contributed by atoms with E-state index in [1.165, 1.54) is 11.0 Å². The van der Waals surface area contributed by atoms with E-state index >= 15 is 0 Å². The molecule has 0 bridgehead atoms. The van der Waals surface area contributed by atoms with E-state index in [9.17, 15) is 34.2 Å². The molecule has 224 valence electrons.